The van der Waals surface area contributed by atoms with Crippen molar-refractivity contribution in [2.24, 2.45) is 5.73 Å². The molecule has 0 unspecified atom stereocenters. The number of aliphatic hydroxyl groups is 1. The van der Waals surface area contributed by atoms with E-state index in [1.165, 1.54) is 0 Å². The molecule has 5 heteroatoms. The third-order valence-corrected chi connectivity index (χ3v) is 5.07. The fourth-order valence-corrected chi connectivity index (χ4v) is 3.23. The molecule has 0 atom stereocenters. The molecule has 0 radical (unpaired) electrons. The Hall–Kier alpha value is 0.160. The average Bonchev–Trinajstić information content (AvgIpc) is 2.27. The molecule has 0 aromatic rings. The van der Waals surface area contributed by atoms with Crippen LogP contribution in [0.2, 0.25) is 0 Å². The number of piperidine rings is 1. The Morgan fingerprint density at radius 1 is 1.53 bits per heavy atom. The van der Waals surface area contributed by atoms with Crippen molar-refractivity contribution < 1.29 is 5.11 Å². The van der Waals surface area contributed by atoms with E-state index in [9.17, 15) is 0 Å². The van der Waals surface area contributed by atoms with Crippen molar-refractivity contribution in [2.45, 2.75) is 24.0 Å². The van der Waals surface area contributed by atoms with Crippen LogP contribution in [0.15, 0.2) is 0 Å². The van der Waals surface area contributed by atoms with Gasteiger partial charge in [0.05, 0.1) is 9.74 Å². The molecule has 3 nitrogen and oxygen atoms in total. The van der Waals surface area contributed by atoms with Crippen LogP contribution < -0.4 is 5.73 Å². The SMILES string of the molecule is CSC1(C(N)=S)CCN(CCCO)CC1. The molecule has 0 saturated carbocycles. The molecule has 1 fully saturated rings. The molecule has 3 N–H and O–H groups in total. The van der Waals surface area contributed by atoms with Crippen molar-refractivity contribution in [3.63, 3.8) is 0 Å². The van der Waals surface area contributed by atoms with E-state index < -0.39 is 0 Å². The standard InChI is InChI=1S/C10H20N2OS2/c1-15-10(9(11)14)3-6-12(7-4-10)5-2-8-13/h13H,2-8H2,1H3,(H2,11,14). The Kier molecular flexibility index (Phi) is 5.32. The number of aliphatic hydroxyl groups excluding tert-OH is 1. The first-order chi connectivity index (χ1) is 7.14. The van der Waals surface area contributed by atoms with Crippen LogP contribution in [-0.2, 0) is 0 Å². The monoisotopic (exact) mass is 248 g/mol. The highest BCUT2D eigenvalue weighted by molar-refractivity contribution is 8.01. The molecule has 1 saturated heterocycles. The highest BCUT2D eigenvalue weighted by atomic mass is 32.2. The van der Waals surface area contributed by atoms with E-state index in [2.05, 4.69) is 11.2 Å². The second-order valence-corrected chi connectivity index (χ2v) is 5.61. The van der Waals surface area contributed by atoms with Gasteiger partial charge in [-0.1, -0.05) is 12.2 Å². The number of hydrogen-bond acceptors (Lipinski definition) is 4. The molecule has 1 aliphatic heterocycles. The minimum atomic E-state index is 0.0189. The largest absolute Gasteiger partial charge is 0.396 e. The maximum Gasteiger partial charge on any atom is 0.0891 e. The van der Waals surface area contributed by atoms with Crippen molar-refractivity contribution in [1.82, 2.24) is 4.90 Å². The first-order valence-electron chi connectivity index (χ1n) is 5.33. The fourth-order valence-electron chi connectivity index (χ4n) is 1.98. The zero-order valence-corrected chi connectivity index (χ0v) is 10.9. The number of thioether (sulfide) groups is 1. The van der Waals surface area contributed by atoms with Crippen LogP contribution in [0, 0.1) is 0 Å². The second-order valence-electron chi connectivity index (χ2n) is 3.98. The second kappa shape index (κ2) is 6.03. The van der Waals surface area contributed by atoms with Crippen molar-refractivity contribution in [2.75, 3.05) is 32.5 Å². The van der Waals surface area contributed by atoms with E-state index in [-0.39, 0.29) is 11.4 Å². The molecule has 0 aromatic carbocycles. The molecule has 0 aromatic heterocycles. The number of nitrogens with zero attached hydrogens (tertiary/aromatic N) is 1. The van der Waals surface area contributed by atoms with Crippen LogP contribution in [0.25, 0.3) is 0 Å². The summed E-state index contributed by atoms with van der Waals surface area (Å²) in [4.78, 5) is 3.03. The lowest BCUT2D eigenvalue weighted by atomic mass is 9.95. The van der Waals surface area contributed by atoms with E-state index >= 15 is 0 Å². The summed E-state index contributed by atoms with van der Waals surface area (Å²) in [6.07, 6.45) is 5.02. The van der Waals surface area contributed by atoms with Gasteiger partial charge in [-0.3, -0.25) is 0 Å². The highest BCUT2D eigenvalue weighted by Crippen LogP contribution is 2.34. The summed E-state index contributed by atoms with van der Waals surface area (Å²) in [7, 11) is 0. The quantitative estimate of drug-likeness (QED) is 0.707. The maximum absolute atomic E-state index is 8.76. The summed E-state index contributed by atoms with van der Waals surface area (Å²) in [6, 6.07) is 0. The van der Waals surface area contributed by atoms with Gasteiger partial charge in [-0.2, -0.15) is 11.8 Å². The van der Waals surface area contributed by atoms with Crippen LogP contribution in [-0.4, -0.2) is 52.2 Å². The van der Waals surface area contributed by atoms with Gasteiger partial charge in [0.15, 0.2) is 0 Å². The first-order valence-corrected chi connectivity index (χ1v) is 6.96. The van der Waals surface area contributed by atoms with Gasteiger partial charge in [0.25, 0.3) is 0 Å². The third-order valence-electron chi connectivity index (χ3n) is 3.14. The number of nitrogens with two attached hydrogens (primary N) is 1. The summed E-state index contributed by atoms with van der Waals surface area (Å²) in [6.45, 7) is 3.34. The first kappa shape index (κ1) is 13.2. The summed E-state index contributed by atoms with van der Waals surface area (Å²) in [5.41, 5.74) is 5.81. The van der Waals surface area contributed by atoms with Crippen LogP contribution in [0.5, 0.6) is 0 Å². The molecule has 1 rings (SSSR count). The maximum atomic E-state index is 8.76. The zero-order valence-electron chi connectivity index (χ0n) is 9.24. The summed E-state index contributed by atoms with van der Waals surface area (Å²) in [5, 5.41) is 8.76. The Morgan fingerprint density at radius 3 is 2.53 bits per heavy atom. The molecule has 0 bridgehead atoms. The lowest BCUT2D eigenvalue weighted by molar-refractivity contribution is 0.193. The number of likely N-dealkylation sites (tertiary alicyclic amines) is 1. The van der Waals surface area contributed by atoms with Crippen molar-refractivity contribution in [3.8, 4) is 0 Å². The number of hydrogen-bond donors (Lipinski definition) is 2. The van der Waals surface area contributed by atoms with Gasteiger partial charge in [-0.25, -0.2) is 0 Å². The van der Waals surface area contributed by atoms with Gasteiger partial charge in [0.2, 0.25) is 0 Å². The Bertz CT molecular complexity index is 215. The van der Waals surface area contributed by atoms with Crippen molar-refractivity contribution in [1.29, 1.82) is 0 Å². The average molecular weight is 248 g/mol. The zero-order chi connectivity index (χ0) is 11.3. The normalized spacial score (nSPS) is 21.5. The molecule has 15 heavy (non-hydrogen) atoms. The number of thiocarbonyl (C=S) groups is 1. The predicted octanol–water partition coefficient (Wildman–Crippen LogP) is 0.852. The van der Waals surface area contributed by atoms with Gasteiger partial charge in [-0.05, 0) is 38.6 Å². The molecule has 1 aliphatic rings. The summed E-state index contributed by atoms with van der Waals surface area (Å²) >= 11 is 6.94. The van der Waals surface area contributed by atoms with Crippen molar-refractivity contribution >= 4 is 29.0 Å². The lowest BCUT2D eigenvalue weighted by Crippen LogP contribution is -2.49. The molecule has 0 spiro atoms. The minimum Gasteiger partial charge on any atom is -0.396 e. The minimum absolute atomic E-state index is 0.0189. The van der Waals surface area contributed by atoms with Crippen molar-refractivity contribution in [3.05, 3.63) is 0 Å². The fraction of sp³-hybridized carbons (Fsp3) is 0.900. The Morgan fingerprint density at radius 2 is 2.13 bits per heavy atom. The summed E-state index contributed by atoms with van der Waals surface area (Å²) < 4.78 is 0.0189. The van der Waals surface area contributed by atoms with E-state index in [1.807, 2.05) is 0 Å². The molecule has 1 heterocycles. The highest BCUT2D eigenvalue weighted by Gasteiger charge is 2.36. The van der Waals surface area contributed by atoms with Gasteiger partial charge in [0, 0.05) is 13.2 Å². The smallest absolute Gasteiger partial charge is 0.0891 e. The lowest BCUT2D eigenvalue weighted by Gasteiger charge is -2.40. The van der Waals surface area contributed by atoms with Gasteiger partial charge >= 0.3 is 0 Å². The molecule has 88 valence electrons. The van der Waals surface area contributed by atoms with E-state index in [1.54, 1.807) is 11.8 Å². The molecular formula is C10H20N2OS2. The van der Waals surface area contributed by atoms with Crippen LogP contribution in [0.4, 0.5) is 0 Å². The number of rotatable bonds is 5. The van der Waals surface area contributed by atoms with Crippen LogP contribution in [0.3, 0.4) is 0 Å². The Balaban J connectivity index is 2.42. The van der Waals surface area contributed by atoms with Gasteiger partial charge in [-0.15, -0.1) is 0 Å². The summed E-state index contributed by atoms with van der Waals surface area (Å²) in [5.74, 6) is 0. The van der Waals surface area contributed by atoms with E-state index in [0.717, 1.165) is 38.9 Å². The van der Waals surface area contributed by atoms with E-state index in [4.69, 9.17) is 23.1 Å². The molecular weight excluding hydrogens is 228 g/mol. The predicted molar refractivity (Wildman–Crippen MR) is 70.4 cm³/mol. The molecule has 0 aliphatic carbocycles. The third kappa shape index (κ3) is 3.31. The van der Waals surface area contributed by atoms with E-state index in [0.29, 0.717) is 4.99 Å². The van der Waals surface area contributed by atoms with Crippen LogP contribution in [0.1, 0.15) is 19.3 Å². The van der Waals surface area contributed by atoms with Gasteiger partial charge in [0.1, 0.15) is 0 Å². The molecule has 0 amide bonds. The Labute approximate surface area is 101 Å². The van der Waals surface area contributed by atoms with Crippen LogP contribution >= 0.6 is 24.0 Å². The van der Waals surface area contributed by atoms with Gasteiger partial charge < -0.3 is 15.7 Å². The topological polar surface area (TPSA) is 49.5 Å².